The van der Waals surface area contributed by atoms with E-state index in [0.717, 1.165) is 33.6 Å². The molecule has 10 aromatic rings. The molecule has 11 rings (SSSR count). The Balaban J connectivity index is 1.15. The number of benzene rings is 8. The van der Waals surface area contributed by atoms with Crippen LogP contribution in [0, 0.1) is 0 Å². The molecular formula is C53H36N2S. The van der Waals surface area contributed by atoms with Crippen molar-refractivity contribution in [1.82, 2.24) is 9.97 Å². The van der Waals surface area contributed by atoms with Crippen LogP contribution in [-0.2, 0) is 5.41 Å². The highest BCUT2D eigenvalue weighted by Crippen LogP contribution is 2.50. The van der Waals surface area contributed by atoms with Gasteiger partial charge in [0.25, 0.3) is 0 Å². The van der Waals surface area contributed by atoms with E-state index in [1.54, 1.807) is 0 Å². The third kappa shape index (κ3) is 5.31. The molecule has 2 nitrogen and oxygen atoms in total. The van der Waals surface area contributed by atoms with Crippen molar-refractivity contribution in [2.24, 2.45) is 0 Å². The minimum atomic E-state index is -0.0664. The average molecular weight is 733 g/mol. The summed E-state index contributed by atoms with van der Waals surface area (Å²) in [5.74, 6) is 0.711. The number of fused-ring (bicyclic) bond motifs is 7. The van der Waals surface area contributed by atoms with E-state index < -0.39 is 0 Å². The minimum Gasteiger partial charge on any atom is -0.228 e. The van der Waals surface area contributed by atoms with E-state index in [1.165, 1.54) is 69.9 Å². The maximum Gasteiger partial charge on any atom is 0.160 e. The largest absolute Gasteiger partial charge is 0.228 e. The molecule has 0 saturated carbocycles. The molecule has 0 bridgehead atoms. The summed E-state index contributed by atoms with van der Waals surface area (Å²) in [6.07, 6.45) is 0. The van der Waals surface area contributed by atoms with Crippen LogP contribution in [0.2, 0.25) is 0 Å². The molecule has 56 heavy (non-hydrogen) atoms. The lowest BCUT2D eigenvalue weighted by Gasteiger charge is -2.21. The van der Waals surface area contributed by atoms with Crippen molar-refractivity contribution in [3.8, 4) is 67.3 Å². The van der Waals surface area contributed by atoms with Crippen LogP contribution < -0.4 is 0 Å². The first-order valence-electron chi connectivity index (χ1n) is 19.2. The van der Waals surface area contributed by atoms with E-state index in [4.69, 9.17) is 9.97 Å². The highest BCUT2D eigenvalue weighted by Gasteiger charge is 2.35. The monoisotopic (exact) mass is 732 g/mol. The Bertz CT molecular complexity index is 3170. The molecular weight excluding hydrogens is 697 g/mol. The first kappa shape index (κ1) is 32.7. The van der Waals surface area contributed by atoms with Gasteiger partial charge in [0.1, 0.15) is 0 Å². The summed E-state index contributed by atoms with van der Waals surface area (Å²) in [6, 6.07) is 66.0. The van der Waals surface area contributed by atoms with Crippen LogP contribution in [0.5, 0.6) is 0 Å². The lowest BCUT2D eigenvalue weighted by molar-refractivity contribution is 0.660. The fraction of sp³-hybridized carbons (Fsp3) is 0.0566. The molecule has 0 spiro atoms. The second kappa shape index (κ2) is 12.7. The van der Waals surface area contributed by atoms with Gasteiger partial charge in [0.05, 0.1) is 11.4 Å². The van der Waals surface area contributed by atoms with Gasteiger partial charge in [-0.25, -0.2) is 9.97 Å². The van der Waals surface area contributed by atoms with E-state index in [9.17, 15) is 0 Å². The Kier molecular flexibility index (Phi) is 7.42. The SMILES string of the molecule is CC1(C)c2ccccc2-c2cc(-c3cc(-c4cc(-c5ccccc5)cc(-c5cccc6c5sc5ccccc56)c4)nc(-c4ccc5ccccc5c4)n3)ccc21. The molecule has 1 aliphatic carbocycles. The van der Waals surface area contributed by atoms with Crippen LogP contribution in [-0.4, -0.2) is 9.97 Å². The van der Waals surface area contributed by atoms with E-state index in [1.807, 2.05) is 11.3 Å². The number of hydrogen-bond donors (Lipinski definition) is 0. The Labute approximate surface area is 330 Å². The van der Waals surface area contributed by atoms with Gasteiger partial charge in [0, 0.05) is 42.3 Å². The van der Waals surface area contributed by atoms with Gasteiger partial charge in [-0.3, -0.25) is 0 Å². The van der Waals surface area contributed by atoms with Crippen LogP contribution in [0.1, 0.15) is 25.0 Å². The van der Waals surface area contributed by atoms with Gasteiger partial charge < -0.3 is 0 Å². The lowest BCUT2D eigenvalue weighted by atomic mass is 9.82. The summed E-state index contributed by atoms with van der Waals surface area (Å²) in [6.45, 7) is 4.66. The Morgan fingerprint density at radius 2 is 1.05 bits per heavy atom. The molecule has 0 fully saturated rings. The highest BCUT2D eigenvalue weighted by atomic mass is 32.1. The van der Waals surface area contributed by atoms with Crippen molar-refractivity contribution in [3.63, 3.8) is 0 Å². The van der Waals surface area contributed by atoms with Crippen molar-refractivity contribution >= 4 is 42.3 Å². The van der Waals surface area contributed by atoms with Crippen molar-refractivity contribution in [1.29, 1.82) is 0 Å². The second-order valence-corrected chi connectivity index (χ2v) is 16.5. The molecule has 1 aliphatic rings. The zero-order valence-corrected chi connectivity index (χ0v) is 31.9. The van der Waals surface area contributed by atoms with Gasteiger partial charge in [0.2, 0.25) is 0 Å². The number of thiophene rings is 1. The predicted molar refractivity (Wildman–Crippen MR) is 237 cm³/mol. The Morgan fingerprint density at radius 3 is 1.95 bits per heavy atom. The third-order valence-corrected chi connectivity index (χ3v) is 12.9. The predicted octanol–water partition coefficient (Wildman–Crippen LogP) is 14.6. The number of hydrogen-bond acceptors (Lipinski definition) is 3. The van der Waals surface area contributed by atoms with E-state index in [0.29, 0.717) is 5.82 Å². The molecule has 0 aliphatic heterocycles. The molecule has 3 heteroatoms. The van der Waals surface area contributed by atoms with Crippen LogP contribution in [0.4, 0.5) is 0 Å². The van der Waals surface area contributed by atoms with Gasteiger partial charge in [-0.05, 0) is 97.7 Å². The molecule has 0 unspecified atom stereocenters. The normalized spacial score (nSPS) is 13.0. The quantitative estimate of drug-likeness (QED) is 0.176. The summed E-state index contributed by atoms with van der Waals surface area (Å²) < 4.78 is 2.60. The molecule has 0 N–H and O–H groups in total. The molecule has 2 heterocycles. The lowest BCUT2D eigenvalue weighted by Crippen LogP contribution is -2.14. The van der Waals surface area contributed by atoms with Gasteiger partial charge in [-0.2, -0.15) is 0 Å². The summed E-state index contributed by atoms with van der Waals surface area (Å²) in [4.78, 5) is 10.7. The van der Waals surface area contributed by atoms with Crippen LogP contribution in [0.15, 0.2) is 182 Å². The minimum absolute atomic E-state index is 0.0664. The van der Waals surface area contributed by atoms with E-state index in [2.05, 4.69) is 196 Å². The topological polar surface area (TPSA) is 25.8 Å². The van der Waals surface area contributed by atoms with Gasteiger partial charge in [-0.15, -0.1) is 11.3 Å². The molecule has 0 atom stereocenters. The van der Waals surface area contributed by atoms with Crippen molar-refractivity contribution in [3.05, 3.63) is 193 Å². The number of nitrogens with zero attached hydrogens (tertiary/aromatic N) is 2. The van der Waals surface area contributed by atoms with Crippen LogP contribution >= 0.6 is 11.3 Å². The molecule has 2 aromatic heterocycles. The third-order valence-electron chi connectivity index (χ3n) is 11.7. The van der Waals surface area contributed by atoms with Crippen LogP contribution in [0.3, 0.4) is 0 Å². The van der Waals surface area contributed by atoms with Crippen LogP contribution in [0.25, 0.3) is 98.2 Å². The molecule has 8 aromatic carbocycles. The fourth-order valence-electron chi connectivity index (χ4n) is 8.78. The molecule has 0 radical (unpaired) electrons. The number of rotatable bonds is 5. The first-order valence-corrected chi connectivity index (χ1v) is 20.0. The van der Waals surface area contributed by atoms with Gasteiger partial charge in [-0.1, -0.05) is 153 Å². The maximum absolute atomic E-state index is 5.40. The highest BCUT2D eigenvalue weighted by molar-refractivity contribution is 7.26. The molecule has 264 valence electrons. The molecule has 0 amide bonds. The maximum atomic E-state index is 5.40. The second-order valence-electron chi connectivity index (χ2n) is 15.4. The van der Waals surface area contributed by atoms with E-state index in [-0.39, 0.29) is 5.41 Å². The fourth-order valence-corrected chi connectivity index (χ4v) is 10.0. The number of aromatic nitrogens is 2. The summed E-state index contributed by atoms with van der Waals surface area (Å²) >= 11 is 1.87. The van der Waals surface area contributed by atoms with Crippen molar-refractivity contribution < 1.29 is 0 Å². The Hall–Kier alpha value is -6.68. The average Bonchev–Trinajstić information content (AvgIpc) is 3.75. The zero-order chi connectivity index (χ0) is 37.4. The first-order chi connectivity index (χ1) is 27.5. The standard InChI is InChI=1S/C53H36N2S/c1-53(2)46-21-10-8-17-42(46)45-31-36(25-26-47(45)53)48-32-49(55-52(54-48)37-24-23-34-15-6-7-16-35(34)27-37)40-29-38(33-13-4-3-5-14-33)28-39(30-40)41-19-12-20-44-43-18-9-11-22-50(43)56-51(41)44/h3-32H,1-2H3. The van der Waals surface area contributed by atoms with Crippen molar-refractivity contribution in [2.75, 3.05) is 0 Å². The van der Waals surface area contributed by atoms with Crippen molar-refractivity contribution in [2.45, 2.75) is 19.3 Å². The summed E-state index contributed by atoms with van der Waals surface area (Å²) in [7, 11) is 0. The van der Waals surface area contributed by atoms with E-state index >= 15 is 0 Å². The molecule has 0 saturated heterocycles. The smallest absolute Gasteiger partial charge is 0.160 e. The van der Waals surface area contributed by atoms with Gasteiger partial charge >= 0.3 is 0 Å². The summed E-state index contributed by atoms with van der Waals surface area (Å²) in [5, 5.41) is 4.96. The van der Waals surface area contributed by atoms with Gasteiger partial charge in [0.15, 0.2) is 5.82 Å². The summed E-state index contributed by atoms with van der Waals surface area (Å²) in [5.41, 5.74) is 14.9. The Morgan fingerprint density at radius 1 is 0.393 bits per heavy atom. The zero-order valence-electron chi connectivity index (χ0n) is 31.1.